The summed E-state index contributed by atoms with van der Waals surface area (Å²) >= 11 is 0. The van der Waals surface area contributed by atoms with Gasteiger partial charge in [0.1, 0.15) is 11.5 Å². The number of nitrogens with zero attached hydrogens (tertiary/aromatic N) is 3. The van der Waals surface area contributed by atoms with Crippen molar-refractivity contribution in [2.45, 2.75) is 0 Å². The third-order valence-corrected chi connectivity index (χ3v) is 4.89. The molecule has 1 aliphatic heterocycles. The third-order valence-electron chi connectivity index (χ3n) is 4.89. The molecule has 0 bridgehead atoms. The maximum Gasteiger partial charge on any atom is 0.253 e. The second-order valence-corrected chi connectivity index (χ2v) is 6.84. The number of hydrogen-bond donors (Lipinski definition) is 4. The zero-order valence-corrected chi connectivity index (χ0v) is 15.9. The van der Waals surface area contributed by atoms with Crippen LogP contribution in [0.25, 0.3) is 22.6 Å². The molecular formula is C20H23N7O2. The number of aromatic nitrogens is 3. The summed E-state index contributed by atoms with van der Waals surface area (Å²) in [5.74, 6) is 0.298. The van der Waals surface area contributed by atoms with Gasteiger partial charge in [-0.1, -0.05) is 0 Å². The Kier molecular flexibility index (Phi) is 5.50. The number of amides is 1. The lowest BCUT2D eigenvalue weighted by Crippen LogP contribution is -2.41. The number of H-pyrrole nitrogens is 1. The fourth-order valence-electron chi connectivity index (χ4n) is 3.31. The summed E-state index contributed by atoms with van der Waals surface area (Å²) in [5.41, 5.74) is 8.56. The summed E-state index contributed by atoms with van der Waals surface area (Å²) in [6, 6.07) is 8.76. The van der Waals surface area contributed by atoms with Gasteiger partial charge < -0.3 is 20.8 Å². The standard InChI is InChI=1S/C20H23N7O2/c21-18(22)13-3-4-15-16(12-13)26-19(25-15)17-14(2-1-5-23-17)20(28)24-6-7-27-8-10-29-11-9-27/h1-5,12H,6-11H2,(H3,21,22)(H,24,28)(H,25,26). The van der Waals surface area contributed by atoms with Crippen molar-refractivity contribution < 1.29 is 9.53 Å². The minimum Gasteiger partial charge on any atom is -0.384 e. The van der Waals surface area contributed by atoms with Crippen molar-refractivity contribution in [1.29, 1.82) is 5.41 Å². The van der Waals surface area contributed by atoms with Gasteiger partial charge >= 0.3 is 0 Å². The van der Waals surface area contributed by atoms with Crippen molar-refractivity contribution in [3.63, 3.8) is 0 Å². The molecule has 150 valence electrons. The van der Waals surface area contributed by atoms with E-state index in [9.17, 15) is 4.79 Å². The first-order valence-electron chi connectivity index (χ1n) is 9.49. The quantitative estimate of drug-likeness (QED) is 0.364. The molecule has 0 atom stereocenters. The van der Waals surface area contributed by atoms with Crippen LogP contribution in [-0.2, 0) is 4.74 Å². The normalized spacial score (nSPS) is 14.8. The van der Waals surface area contributed by atoms with Gasteiger partial charge in [0.05, 0.1) is 29.8 Å². The highest BCUT2D eigenvalue weighted by atomic mass is 16.5. The average Bonchev–Trinajstić information content (AvgIpc) is 3.17. The number of aromatic amines is 1. The van der Waals surface area contributed by atoms with E-state index in [4.69, 9.17) is 15.9 Å². The highest BCUT2D eigenvalue weighted by Crippen LogP contribution is 2.22. The largest absolute Gasteiger partial charge is 0.384 e. The van der Waals surface area contributed by atoms with Gasteiger partial charge in [0.25, 0.3) is 5.91 Å². The molecule has 4 rings (SSSR count). The number of nitrogens with two attached hydrogens (primary N) is 1. The van der Waals surface area contributed by atoms with Crippen LogP contribution in [0.5, 0.6) is 0 Å². The van der Waals surface area contributed by atoms with E-state index < -0.39 is 0 Å². The minimum absolute atomic E-state index is 0.0128. The highest BCUT2D eigenvalue weighted by Gasteiger charge is 2.17. The molecule has 0 spiro atoms. The maximum atomic E-state index is 12.8. The molecule has 3 aromatic rings. The molecule has 3 heterocycles. The van der Waals surface area contributed by atoms with Gasteiger partial charge in [-0.25, -0.2) is 4.98 Å². The summed E-state index contributed by atoms with van der Waals surface area (Å²) in [5, 5.41) is 10.5. The molecule has 5 N–H and O–H groups in total. The Labute approximate surface area is 167 Å². The number of rotatable bonds is 6. The first-order chi connectivity index (χ1) is 14.1. The summed E-state index contributed by atoms with van der Waals surface area (Å²) < 4.78 is 5.34. The number of carbonyl (C=O) groups excluding carboxylic acids is 1. The van der Waals surface area contributed by atoms with E-state index in [1.807, 2.05) is 0 Å². The number of nitrogen functional groups attached to an aromatic ring is 1. The molecule has 1 saturated heterocycles. The van der Waals surface area contributed by atoms with Gasteiger partial charge in [0, 0.05) is 37.9 Å². The van der Waals surface area contributed by atoms with E-state index in [1.54, 1.807) is 36.5 Å². The van der Waals surface area contributed by atoms with E-state index in [-0.39, 0.29) is 11.7 Å². The highest BCUT2D eigenvalue weighted by molar-refractivity contribution is 6.00. The number of ether oxygens (including phenoxy) is 1. The molecule has 29 heavy (non-hydrogen) atoms. The Bertz CT molecular complexity index is 1040. The summed E-state index contributed by atoms with van der Waals surface area (Å²) in [6.45, 7) is 4.57. The molecule has 9 heteroatoms. The van der Waals surface area contributed by atoms with Crippen LogP contribution in [0.2, 0.25) is 0 Å². The summed E-state index contributed by atoms with van der Waals surface area (Å²) in [4.78, 5) is 27.1. The molecule has 9 nitrogen and oxygen atoms in total. The van der Waals surface area contributed by atoms with Gasteiger partial charge in [0.15, 0.2) is 5.82 Å². The fraction of sp³-hybridized carbons (Fsp3) is 0.300. The SMILES string of the molecule is N=C(N)c1ccc2nc(-c3ncccc3C(=O)NCCN3CCOCC3)[nH]c2c1. The van der Waals surface area contributed by atoms with E-state index in [2.05, 4.69) is 25.2 Å². The van der Waals surface area contributed by atoms with Crippen LogP contribution in [0.1, 0.15) is 15.9 Å². The second kappa shape index (κ2) is 8.38. The lowest BCUT2D eigenvalue weighted by Gasteiger charge is -2.26. The lowest BCUT2D eigenvalue weighted by molar-refractivity contribution is 0.0383. The van der Waals surface area contributed by atoms with Crippen LogP contribution in [0.3, 0.4) is 0 Å². The third kappa shape index (κ3) is 4.25. The Hall–Kier alpha value is -3.30. The van der Waals surface area contributed by atoms with Gasteiger partial charge in [-0.3, -0.25) is 20.1 Å². The number of hydrogen-bond acceptors (Lipinski definition) is 6. The molecule has 2 aromatic heterocycles. The van der Waals surface area contributed by atoms with E-state index >= 15 is 0 Å². The van der Waals surface area contributed by atoms with E-state index in [0.717, 1.165) is 38.4 Å². The monoisotopic (exact) mass is 393 g/mol. The number of morpholine rings is 1. The number of benzene rings is 1. The zero-order valence-electron chi connectivity index (χ0n) is 15.9. The van der Waals surface area contributed by atoms with Crippen molar-refractivity contribution in [3.8, 4) is 11.5 Å². The van der Waals surface area contributed by atoms with Crippen molar-refractivity contribution in [2.24, 2.45) is 5.73 Å². The predicted octanol–water partition coefficient (Wildman–Crippen LogP) is 0.971. The molecule has 0 unspecified atom stereocenters. The van der Waals surface area contributed by atoms with Crippen LogP contribution in [-0.4, -0.2) is 71.0 Å². The van der Waals surface area contributed by atoms with E-state index in [1.165, 1.54) is 0 Å². The second-order valence-electron chi connectivity index (χ2n) is 6.84. The predicted molar refractivity (Wildman–Crippen MR) is 110 cm³/mol. The molecule has 1 fully saturated rings. The van der Waals surface area contributed by atoms with Crippen molar-refractivity contribution >= 4 is 22.8 Å². The molecule has 0 aliphatic carbocycles. The zero-order chi connectivity index (χ0) is 20.2. The number of fused-ring (bicyclic) bond motifs is 1. The Morgan fingerprint density at radius 3 is 2.93 bits per heavy atom. The van der Waals surface area contributed by atoms with Crippen LogP contribution in [0.15, 0.2) is 36.5 Å². The first-order valence-corrected chi connectivity index (χ1v) is 9.49. The van der Waals surface area contributed by atoms with Crippen LogP contribution < -0.4 is 11.1 Å². The number of imidazole rings is 1. The molecule has 1 aliphatic rings. The Morgan fingerprint density at radius 1 is 1.31 bits per heavy atom. The number of pyridine rings is 1. The Balaban J connectivity index is 1.52. The molecule has 0 saturated carbocycles. The lowest BCUT2D eigenvalue weighted by atomic mass is 10.1. The molecular weight excluding hydrogens is 370 g/mol. The van der Waals surface area contributed by atoms with Gasteiger partial charge in [0.2, 0.25) is 0 Å². The number of carbonyl (C=O) groups is 1. The molecule has 1 aromatic carbocycles. The first kappa shape index (κ1) is 19.0. The maximum absolute atomic E-state index is 12.8. The molecule has 1 amide bonds. The summed E-state index contributed by atoms with van der Waals surface area (Å²) in [7, 11) is 0. The van der Waals surface area contributed by atoms with Gasteiger partial charge in [-0.15, -0.1) is 0 Å². The van der Waals surface area contributed by atoms with Crippen molar-refractivity contribution in [1.82, 2.24) is 25.2 Å². The topological polar surface area (TPSA) is 133 Å². The van der Waals surface area contributed by atoms with Gasteiger partial charge in [-0.05, 0) is 30.3 Å². The van der Waals surface area contributed by atoms with Crippen LogP contribution >= 0.6 is 0 Å². The summed E-state index contributed by atoms with van der Waals surface area (Å²) in [6.07, 6.45) is 1.63. The fourth-order valence-corrected chi connectivity index (χ4v) is 3.31. The number of nitrogens with one attached hydrogen (secondary N) is 3. The van der Waals surface area contributed by atoms with E-state index in [0.29, 0.717) is 34.7 Å². The van der Waals surface area contributed by atoms with Crippen molar-refractivity contribution in [3.05, 3.63) is 47.7 Å². The van der Waals surface area contributed by atoms with Crippen LogP contribution in [0.4, 0.5) is 0 Å². The minimum atomic E-state index is -0.189. The number of amidine groups is 1. The van der Waals surface area contributed by atoms with Gasteiger partial charge in [-0.2, -0.15) is 0 Å². The molecule has 0 radical (unpaired) electrons. The van der Waals surface area contributed by atoms with Crippen molar-refractivity contribution in [2.75, 3.05) is 39.4 Å². The van der Waals surface area contributed by atoms with Crippen LogP contribution in [0, 0.1) is 5.41 Å². The average molecular weight is 393 g/mol. The smallest absolute Gasteiger partial charge is 0.253 e. The Morgan fingerprint density at radius 2 is 2.14 bits per heavy atom.